The molecule has 0 saturated carbocycles. The van der Waals surface area contributed by atoms with Crippen LogP contribution in [0.15, 0.2) is 0 Å². The zero-order chi connectivity index (χ0) is 22.2. The Morgan fingerprint density at radius 2 is 1.69 bits per heavy atom. The van der Waals surface area contributed by atoms with Gasteiger partial charge in [-0.2, -0.15) is 0 Å². The van der Waals surface area contributed by atoms with Gasteiger partial charge in [0.2, 0.25) is 0 Å². The summed E-state index contributed by atoms with van der Waals surface area (Å²) in [6, 6.07) is -0.432. The highest BCUT2D eigenvalue weighted by atomic mass is 16.6. The molecule has 0 aromatic carbocycles. The predicted octanol–water partition coefficient (Wildman–Crippen LogP) is 2.24. The van der Waals surface area contributed by atoms with Gasteiger partial charge in [-0.1, -0.05) is 6.92 Å². The first-order chi connectivity index (χ1) is 13.3. The van der Waals surface area contributed by atoms with Crippen LogP contribution in [0.4, 0.5) is 9.59 Å². The fourth-order valence-corrected chi connectivity index (χ4v) is 3.72. The molecule has 0 bridgehead atoms. The molecule has 2 aliphatic rings. The molecule has 9 heteroatoms. The molecule has 9 nitrogen and oxygen atoms in total. The van der Waals surface area contributed by atoms with Crippen LogP contribution in [0.1, 0.15) is 54.9 Å². The van der Waals surface area contributed by atoms with Gasteiger partial charge in [0.05, 0.1) is 18.6 Å². The van der Waals surface area contributed by atoms with Gasteiger partial charge in [0.15, 0.2) is 0 Å². The Morgan fingerprint density at radius 1 is 1.07 bits per heavy atom. The van der Waals surface area contributed by atoms with Crippen LogP contribution in [0.2, 0.25) is 0 Å². The molecule has 2 heterocycles. The molecule has 0 radical (unpaired) electrons. The highest BCUT2D eigenvalue weighted by Gasteiger charge is 2.60. The van der Waals surface area contributed by atoms with E-state index >= 15 is 0 Å². The highest BCUT2D eigenvalue weighted by molar-refractivity contribution is 6.08. The SMILES string of the molecule is CCOC(=O)C(C)(C)CN1C(=O)N2CCN(C(=O)OC(C)(C)C)CC2(CC)C1=O. The molecule has 0 aromatic heterocycles. The van der Waals surface area contributed by atoms with Crippen molar-refractivity contribution in [3.8, 4) is 0 Å². The van der Waals surface area contributed by atoms with Gasteiger partial charge < -0.3 is 19.3 Å². The van der Waals surface area contributed by atoms with Crippen molar-refractivity contribution >= 4 is 24.0 Å². The molecule has 164 valence electrons. The second-order valence-electron chi connectivity index (χ2n) is 9.22. The van der Waals surface area contributed by atoms with Crippen molar-refractivity contribution in [1.29, 1.82) is 0 Å². The Morgan fingerprint density at radius 3 is 2.21 bits per heavy atom. The molecule has 0 aromatic rings. The van der Waals surface area contributed by atoms with Crippen LogP contribution in [0.5, 0.6) is 0 Å². The summed E-state index contributed by atoms with van der Waals surface area (Å²) in [4.78, 5) is 55.3. The quantitative estimate of drug-likeness (QED) is 0.508. The molecular formula is C20H33N3O6. The molecule has 1 unspecified atom stereocenters. The van der Waals surface area contributed by atoms with Crippen molar-refractivity contribution in [2.45, 2.75) is 66.0 Å². The van der Waals surface area contributed by atoms with E-state index in [1.807, 2.05) is 6.92 Å². The summed E-state index contributed by atoms with van der Waals surface area (Å²) >= 11 is 0. The number of fused-ring (bicyclic) bond motifs is 1. The summed E-state index contributed by atoms with van der Waals surface area (Å²) in [6.07, 6.45) is -0.150. The number of piperazine rings is 1. The normalized spacial score (nSPS) is 22.7. The van der Waals surface area contributed by atoms with Crippen molar-refractivity contribution < 1.29 is 28.7 Å². The summed E-state index contributed by atoms with van der Waals surface area (Å²) < 4.78 is 10.5. The van der Waals surface area contributed by atoms with Gasteiger partial charge in [-0.15, -0.1) is 0 Å². The van der Waals surface area contributed by atoms with E-state index in [4.69, 9.17) is 9.47 Å². The Balaban J connectivity index is 2.25. The van der Waals surface area contributed by atoms with Crippen LogP contribution >= 0.6 is 0 Å². The van der Waals surface area contributed by atoms with E-state index in [0.29, 0.717) is 6.42 Å². The number of urea groups is 1. The van der Waals surface area contributed by atoms with E-state index in [2.05, 4.69) is 0 Å². The summed E-state index contributed by atoms with van der Waals surface area (Å²) in [5.41, 5.74) is -2.83. The lowest BCUT2D eigenvalue weighted by atomic mass is 9.89. The first-order valence-electron chi connectivity index (χ1n) is 10.1. The number of carbonyl (C=O) groups is 4. The predicted molar refractivity (Wildman–Crippen MR) is 105 cm³/mol. The molecule has 2 saturated heterocycles. The third-order valence-corrected chi connectivity index (χ3v) is 5.29. The van der Waals surface area contributed by atoms with E-state index < -0.39 is 40.6 Å². The van der Waals surface area contributed by atoms with Crippen molar-refractivity contribution in [1.82, 2.24) is 14.7 Å². The molecule has 29 heavy (non-hydrogen) atoms. The van der Waals surface area contributed by atoms with Gasteiger partial charge in [0, 0.05) is 19.6 Å². The molecular weight excluding hydrogens is 378 g/mol. The third kappa shape index (κ3) is 4.33. The molecule has 2 fully saturated rings. The summed E-state index contributed by atoms with van der Waals surface area (Å²) in [6.45, 7) is 12.9. The Kier molecular flexibility index (Phi) is 6.20. The second-order valence-corrected chi connectivity index (χ2v) is 9.22. The molecule has 4 amide bonds. The van der Waals surface area contributed by atoms with Crippen molar-refractivity contribution in [3.63, 3.8) is 0 Å². The number of ether oxygens (including phenoxy) is 2. The maximum atomic E-state index is 13.3. The maximum absolute atomic E-state index is 13.3. The van der Waals surface area contributed by atoms with Crippen LogP contribution < -0.4 is 0 Å². The van der Waals surface area contributed by atoms with Crippen LogP contribution in [-0.2, 0) is 19.1 Å². The van der Waals surface area contributed by atoms with Gasteiger partial charge in [-0.3, -0.25) is 14.5 Å². The van der Waals surface area contributed by atoms with Crippen molar-refractivity contribution in [3.05, 3.63) is 0 Å². The summed E-state index contributed by atoms with van der Waals surface area (Å²) in [5.74, 6) is -0.859. The van der Waals surface area contributed by atoms with E-state index in [1.165, 1.54) is 9.80 Å². The van der Waals surface area contributed by atoms with E-state index in [9.17, 15) is 19.2 Å². The second kappa shape index (κ2) is 7.84. The number of hydrogen-bond donors (Lipinski definition) is 0. The number of nitrogens with zero attached hydrogens (tertiary/aromatic N) is 3. The van der Waals surface area contributed by atoms with Gasteiger partial charge in [-0.25, -0.2) is 9.59 Å². The highest BCUT2D eigenvalue weighted by Crippen LogP contribution is 2.37. The topological polar surface area (TPSA) is 96.5 Å². The number of imide groups is 1. The summed E-state index contributed by atoms with van der Waals surface area (Å²) in [7, 11) is 0. The average Bonchev–Trinajstić information content (AvgIpc) is 2.82. The molecule has 0 N–H and O–H groups in total. The van der Waals surface area contributed by atoms with Gasteiger partial charge >= 0.3 is 18.1 Å². The smallest absolute Gasteiger partial charge is 0.410 e. The third-order valence-electron chi connectivity index (χ3n) is 5.29. The molecule has 0 spiro atoms. The average molecular weight is 411 g/mol. The fourth-order valence-electron chi connectivity index (χ4n) is 3.72. The van der Waals surface area contributed by atoms with E-state index in [1.54, 1.807) is 41.5 Å². The van der Waals surface area contributed by atoms with Crippen LogP contribution in [0, 0.1) is 5.41 Å². The monoisotopic (exact) mass is 411 g/mol. The minimum absolute atomic E-state index is 0.0688. The van der Waals surface area contributed by atoms with E-state index in [0.717, 1.165) is 4.90 Å². The molecule has 2 aliphatic heterocycles. The number of esters is 1. The number of carbonyl (C=O) groups excluding carboxylic acids is 4. The minimum Gasteiger partial charge on any atom is -0.466 e. The standard InChI is InChI=1S/C20H33N3O6/c1-8-20-13-21(17(27)29-18(3,4)5)10-11-23(20)16(26)22(14(20)24)12-19(6,7)15(25)28-9-2/h8-13H2,1-7H3. The Hall–Kier alpha value is -2.32. The number of rotatable bonds is 5. The first kappa shape index (κ1) is 23.0. The molecule has 2 rings (SSSR count). The van der Waals surface area contributed by atoms with Crippen molar-refractivity contribution in [2.24, 2.45) is 5.41 Å². The maximum Gasteiger partial charge on any atom is 0.410 e. The zero-order valence-corrected chi connectivity index (χ0v) is 18.5. The van der Waals surface area contributed by atoms with Gasteiger partial charge in [-0.05, 0) is 48.0 Å². The van der Waals surface area contributed by atoms with Crippen LogP contribution in [-0.4, -0.2) is 82.6 Å². The van der Waals surface area contributed by atoms with Crippen LogP contribution in [0.3, 0.4) is 0 Å². The lowest BCUT2D eigenvalue weighted by Crippen LogP contribution is -2.64. The van der Waals surface area contributed by atoms with Gasteiger partial charge in [0.1, 0.15) is 11.1 Å². The number of hydrogen-bond acceptors (Lipinski definition) is 6. The Labute approximate surface area is 172 Å². The largest absolute Gasteiger partial charge is 0.466 e. The van der Waals surface area contributed by atoms with Gasteiger partial charge in [0.25, 0.3) is 5.91 Å². The molecule has 1 atom stereocenters. The first-order valence-corrected chi connectivity index (χ1v) is 10.1. The van der Waals surface area contributed by atoms with Crippen molar-refractivity contribution in [2.75, 3.05) is 32.8 Å². The fraction of sp³-hybridized carbons (Fsp3) is 0.800. The summed E-state index contributed by atoms with van der Waals surface area (Å²) in [5, 5.41) is 0. The lowest BCUT2D eigenvalue weighted by molar-refractivity contribution is -0.154. The van der Waals surface area contributed by atoms with Crippen LogP contribution in [0.25, 0.3) is 0 Å². The van der Waals surface area contributed by atoms with E-state index in [-0.39, 0.29) is 32.8 Å². The lowest BCUT2D eigenvalue weighted by Gasteiger charge is -2.43. The minimum atomic E-state index is -1.14. The zero-order valence-electron chi connectivity index (χ0n) is 18.5. The Bertz CT molecular complexity index is 699. The number of amides is 4. The molecule has 0 aliphatic carbocycles.